The number of amides is 1. The second kappa shape index (κ2) is 9.58. The highest BCUT2D eigenvalue weighted by Crippen LogP contribution is 2.14. The molecule has 1 N–H and O–H groups in total. The number of benzene rings is 2. The van der Waals surface area contributed by atoms with E-state index in [1.165, 1.54) is 25.3 Å². The predicted octanol–water partition coefficient (Wildman–Crippen LogP) is 2.06. The van der Waals surface area contributed by atoms with E-state index in [-0.39, 0.29) is 23.4 Å². The predicted molar refractivity (Wildman–Crippen MR) is 98.7 cm³/mol. The standard InChI is InChI=1S/C18H18N2O6S/c1-26-18(22)16(10-11-27(25)15-8-3-2-4-9-15)19-17(21)13-6-5-7-14(12-13)20(23)24/h2-9,12,16H,10-11H2,1H3,(H,19,21)/t16-,27+/m1/s1. The van der Waals surface area contributed by atoms with E-state index in [1.807, 2.05) is 0 Å². The lowest BCUT2D eigenvalue weighted by Crippen LogP contribution is -2.42. The highest BCUT2D eigenvalue weighted by molar-refractivity contribution is 7.85. The molecule has 2 aromatic carbocycles. The summed E-state index contributed by atoms with van der Waals surface area (Å²) in [6.07, 6.45) is 0.0921. The van der Waals surface area contributed by atoms with Gasteiger partial charge in [-0.2, -0.15) is 0 Å². The van der Waals surface area contributed by atoms with E-state index in [2.05, 4.69) is 10.1 Å². The van der Waals surface area contributed by atoms with Crippen LogP contribution in [0, 0.1) is 10.1 Å². The van der Waals surface area contributed by atoms with Crippen LogP contribution in [0.5, 0.6) is 0 Å². The molecular weight excluding hydrogens is 372 g/mol. The number of nitrogens with one attached hydrogen (secondary N) is 1. The lowest BCUT2D eigenvalue weighted by Gasteiger charge is -2.16. The number of nitro benzene ring substituents is 1. The van der Waals surface area contributed by atoms with Gasteiger partial charge in [0.25, 0.3) is 11.6 Å². The van der Waals surface area contributed by atoms with Gasteiger partial charge < -0.3 is 10.1 Å². The summed E-state index contributed by atoms with van der Waals surface area (Å²) in [5.41, 5.74) is -0.190. The highest BCUT2D eigenvalue weighted by Gasteiger charge is 2.23. The minimum atomic E-state index is -1.34. The molecule has 0 bridgehead atoms. The van der Waals surface area contributed by atoms with Crippen molar-refractivity contribution in [2.45, 2.75) is 17.4 Å². The van der Waals surface area contributed by atoms with Gasteiger partial charge in [-0.25, -0.2) is 4.79 Å². The first-order valence-electron chi connectivity index (χ1n) is 7.99. The molecular formula is C18H18N2O6S. The van der Waals surface area contributed by atoms with Crippen molar-refractivity contribution in [1.82, 2.24) is 5.32 Å². The lowest BCUT2D eigenvalue weighted by molar-refractivity contribution is -0.384. The molecule has 9 heteroatoms. The number of hydrogen-bond donors (Lipinski definition) is 1. The van der Waals surface area contributed by atoms with Crippen LogP contribution < -0.4 is 5.32 Å². The van der Waals surface area contributed by atoms with E-state index < -0.39 is 33.6 Å². The first-order valence-corrected chi connectivity index (χ1v) is 9.31. The van der Waals surface area contributed by atoms with Gasteiger partial charge in [-0.15, -0.1) is 0 Å². The fourth-order valence-corrected chi connectivity index (χ4v) is 3.45. The number of nitro groups is 1. The van der Waals surface area contributed by atoms with Gasteiger partial charge in [0.05, 0.1) is 22.8 Å². The summed E-state index contributed by atoms with van der Waals surface area (Å²) < 4.78 is 17.0. The van der Waals surface area contributed by atoms with Crippen LogP contribution in [0.4, 0.5) is 5.69 Å². The lowest BCUT2D eigenvalue weighted by atomic mass is 10.1. The molecule has 0 saturated carbocycles. The zero-order valence-corrected chi connectivity index (χ0v) is 15.3. The van der Waals surface area contributed by atoms with E-state index in [0.29, 0.717) is 4.90 Å². The maximum Gasteiger partial charge on any atom is 0.328 e. The minimum absolute atomic E-state index is 0.0438. The van der Waals surface area contributed by atoms with Gasteiger partial charge in [0.15, 0.2) is 0 Å². The van der Waals surface area contributed by atoms with Crippen molar-refractivity contribution in [2.75, 3.05) is 12.9 Å². The third-order valence-electron chi connectivity index (χ3n) is 3.71. The van der Waals surface area contributed by atoms with Gasteiger partial charge in [0.2, 0.25) is 0 Å². The third kappa shape index (κ3) is 5.71. The Labute approximate surface area is 158 Å². The highest BCUT2D eigenvalue weighted by atomic mass is 32.2. The summed E-state index contributed by atoms with van der Waals surface area (Å²) in [7, 11) is -0.157. The molecule has 0 radical (unpaired) electrons. The van der Waals surface area contributed by atoms with E-state index in [9.17, 15) is 23.9 Å². The van der Waals surface area contributed by atoms with E-state index >= 15 is 0 Å². The molecule has 0 saturated heterocycles. The summed E-state index contributed by atoms with van der Waals surface area (Å²) in [6.45, 7) is 0. The number of carbonyl (C=O) groups excluding carboxylic acids is 2. The molecule has 0 aliphatic rings. The molecule has 2 rings (SSSR count). The van der Waals surface area contributed by atoms with Gasteiger partial charge in [-0.05, 0) is 24.6 Å². The second-order valence-electron chi connectivity index (χ2n) is 5.51. The molecule has 0 heterocycles. The Bertz CT molecular complexity index is 856. The molecule has 0 spiro atoms. The van der Waals surface area contributed by atoms with Gasteiger partial charge in [0, 0.05) is 28.3 Å². The number of methoxy groups -OCH3 is 1. The Morgan fingerprint density at radius 2 is 1.89 bits per heavy atom. The van der Waals surface area contributed by atoms with Crippen LogP contribution in [0.25, 0.3) is 0 Å². The first-order chi connectivity index (χ1) is 12.9. The van der Waals surface area contributed by atoms with E-state index in [0.717, 1.165) is 6.07 Å². The van der Waals surface area contributed by atoms with Crippen molar-refractivity contribution < 1.29 is 23.5 Å². The van der Waals surface area contributed by atoms with Gasteiger partial charge in [0.1, 0.15) is 6.04 Å². The van der Waals surface area contributed by atoms with Crippen molar-refractivity contribution in [3.63, 3.8) is 0 Å². The molecule has 0 fully saturated rings. The van der Waals surface area contributed by atoms with Crippen molar-refractivity contribution in [3.8, 4) is 0 Å². The SMILES string of the molecule is COC(=O)[C@@H](CC[S@](=O)c1ccccc1)NC(=O)c1cccc([N+](=O)[O-])c1. The molecule has 2 atom stereocenters. The molecule has 2 aromatic rings. The summed E-state index contributed by atoms with van der Waals surface area (Å²) >= 11 is 0. The fraction of sp³-hybridized carbons (Fsp3) is 0.222. The summed E-state index contributed by atoms with van der Waals surface area (Å²) in [5, 5.41) is 13.3. The first kappa shape index (κ1) is 20.2. The van der Waals surface area contributed by atoms with E-state index in [4.69, 9.17) is 0 Å². The Morgan fingerprint density at radius 1 is 1.19 bits per heavy atom. The number of hydrogen-bond acceptors (Lipinski definition) is 6. The van der Waals surface area contributed by atoms with Crippen LogP contribution in [0.3, 0.4) is 0 Å². The number of non-ortho nitro benzene ring substituents is 1. The Morgan fingerprint density at radius 3 is 2.52 bits per heavy atom. The molecule has 142 valence electrons. The average molecular weight is 390 g/mol. The fourth-order valence-electron chi connectivity index (χ4n) is 2.31. The number of rotatable bonds is 8. The Balaban J connectivity index is 2.07. The smallest absolute Gasteiger partial charge is 0.328 e. The quantitative estimate of drug-likeness (QED) is 0.419. The molecule has 0 unspecified atom stereocenters. The zero-order chi connectivity index (χ0) is 19.8. The van der Waals surface area contributed by atoms with Gasteiger partial charge in [-0.3, -0.25) is 19.1 Å². The average Bonchev–Trinajstić information content (AvgIpc) is 2.70. The largest absolute Gasteiger partial charge is 0.467 e. The maximum absolute atomic E-state index is 12.3. The third-order valence-corrected chi connectivity index (χ3v) is 5.11. The molecule has 8 nitrogen and oxygen atoms in total. The van der Waals surface area contributed by atoms with Crippen LogP contribution in [0.2, 0.25) is 0 Å². The monoisotopic (exact) mass is 390 g/mol. The number of esters is 1. The summed E-state index contributed by atoms with van der Waals surface area (Å²) in [5.74, 6) is -1.20. The molecule has 0 aliphatic carbocycles. The van der Waals surface area contributed by atoms with Crippen molar-refractivity contribution in [1.29, 1.82) is 0 Å². The van der Waals surface area contributed by atoms with Gasteiger partial charge >= 0.3 is 5.97 Å². The molecule has 0 aromatic heterocycles. The van der Waals surface area contributed by atoms with Crippen LogP contribution >= 0.6 is 0 Å². The number of ether oxygens (including phenoxy) is 1. The van der Waals surface area contributed by atoms with Crippen LogP contribution in [0.1, 0.15) is 16.8 Å². The summed E-state index contributed by atoms with van der Waals surface area (Å²) in [6, 6.07) is 12.9. The Kier molecular flexibility index (Phi) is 7.18. The normalized spacial score (nSPS) is 12.6. The topological polar surface area (TPSA) is 116 Å². The molecule has 27 heavy (non-hydrogen) atoms. The van der Waals surface area contributed by atoms with E-state index in [1.54, 1.807) is 30.3 Å². The second-order valence-corrected chi connectivity index (χ2v) is 7.08. The van der Waals surface area contributed by atoms with Crippen molar-refractivity contribution in [3.05, 3.63) is 70.3 Å². The number of carbonyl (C=O) groups is 2. The van der Waals surface area contributed by atoms with Crippen LogP contribution in [-0.4, -0.2) is 39.9 Å². The molecule has 0 aliphatic heterocycles. The van der Waals surface area contributed by atoms with Crippen LogP contribution in [0.15, 0.2) is 59.5 Å². The van der Waals surface area contributed by atoms with Crippen molar-refractivity contribution >= 4 is 28.4 Å². The van der Waals surface area contributed by atoms with Crippen molar-refractivity contribution in [2.24, 2.45) is 0 Å². The Hall–Kier alpha value is -3.07. The minimum Gasteiger partial charge on any atom is -0.467 e. The maximum atomic E-state index is 12.3. The summed E-state index contributed by atoms with van der Waals surface area (Å²) in [4.78, 5) is 35.1. The van der Waals surface area contributed by atoms with Gasteiger partial charge in [-0.1, -0.05) is 24.3 Å². The number of nitrogens with zero attached hydrogens (tertiary/aromatic N) is 1. The van der Waals surface area contributed by atoms with Crippen LogP contribution in [-0.2, 0) is 20.3 Å². The molecule has 1 amide bonds. The zero-order valence-electron chi connectivity index (χ0n) is 14.5.